The van der Waals surface area contributed by atoms with E-state index in [0.29, 0.717) is 13.1 Å². The van der Waals surface area contributed by atoms with Gasteiger partial charge in [-0.3, -0.25) is 0 Å². The maximum absolute atomic E-state index is 10.8. The highest BCUT2D eigenvalue weighted by Crippen LogP contribution is 2.38. The van der Waals surface area contributed by atoms with Gasteiger partial charge in [-0.2, -0.15) is 0 Å². The quantitative estimate of drug-likeness (QED) is 0.471. The molecule has 1 atom stereocenters. The number of hydrogen-bond donors (Lipinski definition) is 1. The fourth-order valence-corrected chi connectivity index (χ4v) is 3.93. The molecule has 0 aliphatic heterocycles. The van der Waals surface area contributed by atoms with Crippen LogP contribution in [-0.2, 0) is 9.13 Å². The molecule has 0 aromatic rings. The van der Waals surface area contributed by atoms with Crippen molar-refractivity contribution in [3.05, 3.63) is 0 Å². The predicted octanol–water partition coefficient (Wildman–Crippen LogP) is -3.89. The molecule has 0 amide bonds. The summed E-state index contributed by atoms with van der Waals surface area (Å²) < 4.78 is 21.3. The van der Waals surface area contributed by atoms with Gasteiger partial charge in [0.05, 0.1) is 19.6 Å². The average molecular weight is 272 g/mol. The van der Waals surface area contributed by atoms with Crippen LogP contribution in [0.1, 0.15) is 13.8 Å². The second kappa shape index (κ2) is 6.26. The fourth-order valence-electron chi connectivity index (χ4n) is 1.41. The van der Waals surface area contributed by atoms with E-state index >= 15 is 0 Å². The molecular formula is C7H16NO6P2-3. The zero-order chi connectivity index (χ0) is 13.0. The Morgan fingerprint density at radius 1 is 1.06 bits per heavy atom. The smallest absolute Gasteiger partial charge is 0.0849 e. The minimum Gasteiger partial charge on any atom is -0.811 e. The molecule has 0 saturated carbocycles. The molecule has 0 bridgehead atoms. The molecule has 9 heteroatoms. The van der Waals surface area contributed by atoms with Crippen molar-refractivity contribution in [3.8, 4) is 0 Å². The molecule has 0 aliphatic rings. The van der Waals surface area contributed by atoms with Crippen molar-refractivity contribution in [2.45, 2.75) is 19.5 Å². The minimum absolute atomic E-state index is 0.133. The van der Waals surface area contributed by atoms with Crippen LogP contribution in [0, 0.1) is 0 Å². The maximum Gasteiger partial charge on any atom is 0.0849 e. The molecule has 0 aromatic heterocycles. The Morgan fingerprint density at radius 3 is 1.75 bits per heavy atom. The second-order valence-corrected chi connectivity index (χ2v) is 7.05. The summed E-state index contributed by atoms with van der Waals surface area (Å²) in [6.07, 6.45) is -1.11. The molecule has 98 valence electrons. The normalized spacial score (nSPS) is 15.4. The lowest BCUT2D eigenvalue weighted by Crippen LogP contribution is -3.12. The standard InChI is InChI=1S/C7H19NO6P2/c1-3-8(4-2)5-7(16(12,13)14)6-15(9,10)11/h7H,3-6H2,1-2H3,(H2,9,10,11)(H2,12,13,14)/p-3/t7-/m0/s1. The Kier molecular flexibility index (Phi) is 6.36. The van der Waals surface area contributed by atoms with Crippen molar-refractivity contribution < 1.29 is 33.6 Å². The number of rotatable bonds is 7. The monoisotopic (exact) mass is 272 g/mol. The van der Waals surface area contributed by atoms with E-state index in [4.69, 9.17) is 0 Å². The highest BCUT2D eigenvalue weighted by Gasteiger charge is 2.19. The van der Waals surface area contributed by atoms with Crippen LogP contribution in [0.2, 0.25) is 0 Å². The molecule has 0 rings (SSSR count). The Morgan fingerprint density at radius 2 is 1.50 bits per heavy atom. The van der Waals surface area contributed by atoms with Gasteiger partial charge < -0.3 is 33.6 Å². The molecule has 0 saturated heterocycles. The Labute approximate surface area is 94.8 Å². The molecule has 0 heterocycles. The van der Waals surface area contributed by atoms with Crippen LogP contribution >= 0.6 is 15.2 Å². The third kappa shape index (κ3) is 6.76. The summed E-state index contributed by atoms with van der Waals surface area (Å²) in [6.45, 7) is 4.56. The maximum atomic E-state index is 10.8. The van der Waals surface area contributed by atoms with Gasteiger partial charge >= 0.3 is 0 Å². The van der Waals surface area contributed by atoms with Gasteiger partial charge in [-0.15, -0.1) is 0 Å². The summed E-state index contributed by atoms with van der Waals surface area (Å²) in [4.78, 5) is 43.5. The van der Waals surface area contributed by atoms with E-state index in [9.17, 15) is 28.7 Å². The van der Waals surface area contributed by atoms with Crippen molar-refractivity contribution in [2.75, 3.05) is 25.8 Å². The van der Waals surface area contributed by atoms with Crippen LogP contribution < -0.4 is 24.5 Å². The van der Waals surface area contributed by atoms with Crippen molar-refractivity contribution in [1.82, 2.24) is 0 Å². The summed E-state index contributed by atoms with van der Waals surface area (Å²) in [5.74, 6) is 0. The van der Waals surface area contributed by atoms with E-state index in [1.54, 1.807) is 13.8 Å². The van der Waals surface area contributed by atoms with Gasteiger partial charge in [0.1, 0.15) is 0 Å². The molecule has 0 fully saturated rings. The van der Waals surface area contributed by atoms with E-state index in [1.165, 1.54) is 0 Å². The van der Waals surface area contributed by atoms with Crippen LogP contribution in [-0.4, -0.2) is 31.5 Å². The largest absolute Gasteiger partial charge is 0.811 e. The first-order valence-electron chi connectivity index (χ1n) is 4.96. The first-order chi connectivity index (χ1) is 7.10. The summed E-state index contributed by atoms with van der Waals surface area (Å²) in [7, 11) is -10.0. The van der Waals surface area contributed by atoms with Crippen LogP contribution in [0.5, 0.6) is 0 Å². The van der Waals surface area contributed by atoms with Gasteiger partial charge in [-0.05, 0) is 20.0 Å². The SMILES string of the molecule is CC[NH+](CC)C[C@@H](CP(=O)([O-])[O-])P(=O)([O-])[O-]. The summed E-state index contributed by atoms with van der Waals surface area (Å²) >= 11 is 0. The number of hydrogen-bond acceptors (Lipinski definition) is 6. The molecule has 7 nitrogen and oxygen atoms in total. The Bertz CT molecular complexity index is 293. The lowest BCUT2D eigenvalue weighted by molar-refractivity contribution is -0.896. The number of quaternary nitrogens is 1. The molecule has 0 radical (unpaired) electrons. The van der Waals surface area contributed by atoms with Gasteiger partial charge in [0.2, 0.25) is 0 Å². The third-order valence-corrected chi connectivity index (χ3v) is 4.84. The van der Waals surface area contributed by atoms with Crippen molar-refractivity contribution in [1.29, 1.82) is 0 Å². The Hall–Kier alpha value is 0.260. The van der Waals surface area contributed by atoms with Gasteiger partial charge in [0, 0.05) is 5.66 Å². The van der Waals surface area contributed by atoms with Gasteiger partial charge in [-0.1, -0.05) is 15.2 Å². The van der Waals surface area contributed by atoms with E-state index in [0.717, 1.165) is 4.90 Å². The van der Waals surface area contributed by atoms with Crippen LogP contribution in [0.15, 0.2) is 0 Å². The lowest BCUT2D eigenvalue weighted by Gasteiger charge is -2.43. The zero-order valence-corrected chi connectivity index (χ0v) is 11.0. The molecule has 0 unspecified atom stereocenters. The lowest BCUT2D eigenvalue weighted by atomic mass is 10.4. The molecule has 0 aliphatic carbocycles. The zero-order valence-electron chi connectivity index (χ0n) is 9.25. The highest BCUT2D eigenvalue weighted by molar-refractivity contribution is 7.53. The van der Waals surface area contributed by atoms with Crippen LogP contribution in [0.4, 0.5) is 0 Å². The average Bonchev–Trinajstić information content (AvgIpc) is 2.08. The van der Waals surface area contributed by atoms with E-state index in [-0.39, 0.29) is 6.54 Å². The second-order valence-electron chi connectivity index (χ2n) is 3.65. The number of nitrogens with one attached hydrogen (secondary N) is 1. The van der Waals surface area contributed by atoms with E-state index < -0.39 is 27.0 Å². The first kappa shape index (κ1) is 16.3. The van der Waals surface area contributed by atoms with Crippen molar-refractivity contribution in [3.63, 3.8) is 0 Å². The van der Waals surface area contributed by atoms with E-state index in [1.807, 2.05) is 0 Å². The molecule has 1 N–H and O–H groups in total. The molecule has 0 aromatic carbocycles. The van der Waals surface area contributed by atoms with Crippen molar-refractivity contribution >= 4 is 15.2 Å². The predicted molar refractivity (Wildman–Crippen MR) is 50.8 cm³/mol. The van der Waals surface area contributed by atoms with Gasteiger partial charge in [-0.25, -0.2) is 0 Å². The summed E-state index contributed by atoms with van der Waals surface area (Å²) in [6, 6.07) is 0. The van der Waals surface area contributed by atoms with E-state index in [2.05, 4.69) is 0 Å². The minimum atomic E-state index is -5.05. The molecule has 0 spiro atoms. The van der Waals surface area contributed by atoms with Crippen molar-refractivity contribution in [2.24, 2.45) is 0 Å². The Balaban J connectivity index is 4.70. The summed E-state index contributed by atoms with van der Waals surface area (Å²) in [5.41, 5.74) is -1.62. The highest BCUT2D eigenvalue weighted by atomic mass is 31.2. The van der Waals surface area contributed by atoms with Gasteiger partial charge in [0.25, 0.3) is 0 Å². The van der Waals surface area contributed by atoms with Crippen LogP contribution in [0.3, 0.4) is 0 Å². The summed E-state index contributed by atoms with van der Waals surface area (Å²) in [5, 5.41) is 0. The van der Waals surface area contributed by atoms with Gasteiger partial charge in [0.15, 0.2) is 0 Å². The molecular weight excluding hydrogens is 256 g/mol. The third-order valence-electron chi connectivity index (χ3n) is 2.41. The fraction of sp³-hybridized carbons (Fsp3) is 1.00. The molecule has 16 heavy (non-hydrogen) atoms. The topological polar surface area (TPSA) is 131 Å². The van der Waals surface area contributed by atoms with Crippen LogP contribution in [0.25, 0.3) is 0 Å². The first-order valence-corrected chi connectivity index (χ1v) is 8.30.